The minimum atomic E-state index is -0.423. The summed E-state index contributed by atoms with van der Waals surface area (Å²) in [5.74, 6) is -0.423. The van der Waals surface area contributed by atoms with Crippen LogP contribution in [0.25, 0.3) is 0 Å². The van der Waals surface area contributed by atoms with E-state index >= 15 is 0 Å². The summed E-state index contributed by atoms with van der Waals surface area (Å²) in [6.07, 6.45) is 1.32. The number of hydrogen-bond acceptors (Lipinski definition) is 2. The second-order valence-corrected chi connectivity index (χ2v) is 4.94. The van der Waals surface area contributed by atoms with Crippen molar-refractivity contribution in [2.24, 2.45) is 0 Å². The van der Waals surface area contributed by atoms with Gasteiger partial charge in [-0.3, -0.25) is 0 Å². The number of aliphatic hydroxyl groups excluding tert-OH is 1. The molecule has 1 unspecified atom stereocenters. The predicted molar refractivity (Wildman–Crippen MR) is 72.0 cm³/mol. The van der Waals surface area contributed by atoms with Crippen molar-refractivity contribution in [1.29, 1.82) is 0 Å². The number of aliphatic hydroxyl groups is 1. The van der Waals surface area contributed by atoms with Gasteiger partial charge >= 0.3 is 6.03 Å². The van der Waals surface area contributed by atoms with Crippen LogP contribution in [-0.2, 0) is 0 Å². The van der Waals surface area contributed by atoms with Crippen LogP contribution in [0.15, 0.2) is 22.7 Å². The molecule has 1 atom stereocenters. The third kappa shape index (κ3) is 5.46. The minimum Gasteiger partial charge on any atom is -0.396 e. The van der Waals surface area contributed by atoms with Crippen molar-refractivity contribution in [3.05, 3.63) is 28.5 Å². The van der Waals surface area contributed by atoms with E-state index in [2.05, 4.69) is 26.6 Å². The second-order valence-electron chi connectivity index (χ2n) is 4.02. The number of urea groups is 1. The lowest BCUT2D eigenvalue weighted by Crippen LogP contribution is -2.36. The molecule has 4 nitrogen and oxygen atoms in total. The summed E-state index contributed by atoms with van der Waals surface area (Å²) in [6.45, 7) is 1.95. The third-order valence-corrected chi connectivity index (χ3v) is 2.75. The first-order valence-electron chi connectivity index (χ1n) is 5.65. The molecule has 0 saturated carbocycles. The number of anilines is 1. The van der Waals surface area contributed by atoms with Gasteiger partial charge in [-0.25, -0.2) is 9.18 Å². The van der Waals surface area contributed by atoms with Crippen molar-refractivity contribution in [2.75, 3.05) is 11.9 Å². The van der Waals surface area contributed by atoms with Gasteiger partial charge in [0.25, 0.3) is 0 Å². The highest BCUT2D eigenvalue weighted by molar-refractivity contribution is 9.10. The largest absolute Gasteiger partial charge is 0.396 e. The van der Waals surface area contributed by atoms with Gasteiger partial charge in [0.2, 0.25) is 0 Å². The lowest BCUT2D eigenvalue weighted by Gasteiger charge is -2.14. The van der Waals surface area contributed by atoms with E-state index in [4.69, 9.17) is 5.11 Å². The monoisotopic (exact) mass is 318 g/mol. The van der Waals surface area contributed by atoms with Crippen LogP contribution in [-0.4, -0.2) is 23.8 Å². The van der Waals surface area contributed by atoms with E-state index in [1.165, 1.54) is 12.1 Å². The molecular formula is C12H16BrFN2O2. The summed E-state index contributed by atoms with van der Waals surface area (Å²) in [4.78, 5) is 11.6. The minimum absolute atomic E-state index is 0.0471. The summed E-state index contributed by atoms with van der Waals surface area (Å²) >= 11 is 3.15. The Balaban J connectivity index is 2.48. The molecule has 2 amide bonds. The van der Waals surface area contributed by atoms with Gasteiger partial charge in [-0.05, 0) is 38.0 Å². The molecule has 0 aliphatic rings. The van der Waals surface area contributed by atoms with Crippen LogP contribution in [0.1, 0.15) is 19.8 Å². The Morgan fingerprint density at radius 1 is 1.50 bits per heavy atom. The molecule has 18 heavy (non-hydrogen) atoms. The van der Waals surface area contributed by atoms with Gasteiger partial charge in [0, 0.05) is 22.8 Å². The number of amides is 2. The fraction of sp³-hybridized carbons (Fsp3) is 0.417. The zero-order chi connectivity index (χ0) is 13.5. The van der Waals surface area contributed by atoms with Gasteiger partial charge in [0.05, 0.1) is 0 Å². The van der Waals surface area contributed by atoms with Crippen molar-refractivity contribution >= 4 is 27.6 Å². The van der Waals surface area contributed by atoms with Crippen LogP contribution in [0, 0.1) is 5.82 Å². The van der Waals surface area contributed by atoms with Gasteiger partial charge in [0.1, 0.15) is 5.82 Å². The van der Waals surface area contributed by atoms with Crippen LogP contribution >= 0.6 is 15.9 Å². The first-order chi connectivity index (χ1) is 8.51. The smallest absolute Gasteiger partial charge is 0.319 e. The molecule has 0 spiro atoms. The number of hydrogen-bond donors (Lipinski definition) is 3. The Morgan fingerprint density at radius 2 is 2.22 bits per heavy atom. The molecule has 3 N–H and O–H groups in total. The zero-order valence-corrected chi connectivity index (χ0v) is 11.6. The molecule has 0 saturated heterocycles. The zero-order valence-electron chi connectivity index (χ0n) is 10.0. The second kappa shape index (κ2) is 7.33. The summed E-state index contributed by atoms with van der Waals surface area (Å²) in [5.41, 5.74) is 0.383. The first-order valence-corrected chi connectivity index (χ1v) is 6.45. The molecule has 0 bridgehead atoms. The molecule has 100 valence electrons. The quantitative estimate of drug-likeness (QED) is 0.781. The van der Waals surface area contributed by atoms with E-state index in [1.54, 1.807) is 6.07 Å². The maximum atomic E-state index is 13.1. The molecule has 0 heterocycles. The molecule has 1 rings (SSSR count). The fourth-order valence-electron chi connectivity index (χ4n) is 1.49. The summed E-state index contributed by atoms with van der Waals surface area (Å²) in [6, 6.07) is 3.73. The number of carbonyl (C=O) groups excluding carboxylic acids is 1. The number of carbonyl (C=O) groups is 1. The fourth-order valence-corrected chi connectivity index (χ4v) is 1.95. The van der Waals surface area contributed by atoms with Crippen molar-refractivity contribution in [3.63, 3.8) is 0 Å². The van der Waals surface area contributed by atoms with Crippen LogP contribution in [0.5, 0.6) is 0 Å². The predicted octanol–water partition coefficient (Wildman–Crippen LogP) is 2.87. The Kier molecular flexibility index (Phi) is 6.07. The normalized spacial score (nSPS) is 12.0. The maximum absolute atomic E-state index is 13.1. The standard InChI is InChI=1S/C12H16BrFN2O2/c1-8(3-2-4-17)15-12(18)16-11-6-9(13)5-10(14)7-11/h5-8,17H,2-4H2,1H3,(H2,15,16,18). The lowest BCUT2D eigenvalue weighted by atomic mass is 10.2. The Hall–Kier alpha value is -1.14. The van der Waals surface area contributed by atoms with Gasteiger partial charge in [0.15, 0.2) is 0 Å². The molecule has 0 fully saturated rings. The molecule has 0 aliphatic heterocycles. The van der Waals surface area contributed by atoms with Crippen molar-refractivity contribution in [1.82, 2.24) is 5.32 Å². The van der Waals surface area contributed by atoms with E-state index < -0.39 is 11.8 Å². The highest BCUT2D eigenvalue weighted by Crippen LogP contribution is 2.18. The summed E-state index contributed by atoms with van der Waals surface area (Å²) in [7, 11) is 0. The van der Waals surface area contributed by atoms with E-state index in [0.29, 0.717) is 23.0 Å². The van der Waals surface area contributed by atoms with Crippen LogP contribution < -0.4 is 10.6 Å². The van der Waals surface area contributed by atoms with Gasteiger partial charge in [-0.1, -0.05) is 15.9 Å². The molecule has 6 heteroatoms. The molecular weight excluding hydrogens is 303 g/mol. The first kappa shape index (κ1) is 14.9. The molecule has 0 aromatic heterocycles. The number of halogens is 2. The van der Waals surface area contributed by atoms with Crippen LogP contribution in [0.4, 0.5) is 14.9 Å². The number of nitrogens with one attached hydrogen (secondary N) is 2. The van der Waals surface area contributed by atoms with Gasteiger partial charge in [-0.2, -0.15) is 0 Å². The van der Waals surface area contributed by atoms with E-state index in [1.807, 2.05) is 6.92 Å². The third-order valence-electron chi connectivity index (χ3n) is 2.29. The number of benzene rings is 1. The van der Waals surface area contributed by atoms with Gasteiger partial charge < -0.3 is 15.7 Å². The highest BCUT2D eigenvalue weighted by atomic mass is 79.9. The summed E-state index contributed by atoms with van der Waals surface area (Å²) in [5, 5.41) is 13.9. The maximum Gasteiger partial charge on any atom is 0.319 e. The average molecular weight is 319 g/mol. The SMILES string of the molecule is CC(CCCO)NC(=O)Nc1cc(F)cc(Br)c1. The van der Waals surface area contributed by atoms with Crippen LogP contribution in [0.2, 0.25) is 0 Å². The van der Waals surface area contributed by atoms with Gasteiger partial charge in [-0.15, -0.1) is 0 Å². The van der Waals surface area contributed by atoms with Crippen molar-refractivity contribution < 1.29 is 14.3 Å². The Labute approximate surface area is 114 Å². The Morgan fingerprint density at radius 3 is 2.83 bits per heavy atom. The average Bonchev–Trinajstić information content (AvgIpc) is 2.24. The van der Waals surface area contributed by atoms with E-state index in [9.17, 15) is 9.18 Å². The van der Waals surface area contributed by atoms with E-state index in [-0.39, 0.29) is 12.6 Å². The molecule has 0 aliphatic carbocycles. The number of rotatable bonds is 5. The Bertz CT molecular complexity index is 395. The lowest BCUT2D eigenvalue weighted by molar-refractivity contribution is 0.245. The van der Waals surface area contributed by atoms with Crippen molar-refractivity contribution in [2.45, 2.75) is 25.8 Å². The molecule has 1 aromatic rings. The molecule has 1 aromatic carbocycles. The molecule has 0 radical (unpaired) electrons. The van der Waals surface area contributed by atoms with Crippen LogP contribution in [0.3, 0.4) is 0 Å². The van der Waals surface area contributed by atoms with Crippen molar-refractivity contribution in [3.8, 4) is 0 Å². The highest BCUT2D eigenvalue weighted by Gasteiger charge is 2.08. The topological polar surface area (TPSA) is 61.4 Å². The summed E-state index contributed by atoms with van der Waals surface area (Å²) < 4.78 is 13.6. The van der Waals surface area contributed by atoms with E-state index in [0.717, 1.165) is 0 Å².